The Labute approximate surface area is 85.9 Å². The highest BCUT2D eigenvalue weighted by Crippen LogP contribution is 2.20. The number of hydrogen-bond acceptors (Lipinski definition) is 2. The first-order valence-corrected chi connectivity index (χ1v) is 6.70. The van der Waals surface area contributed by atoms with Crippen molar-refractivity contribution < 1.29 is 8.42 Å². The zero-order chi connectivity index (χ0) is 10.8. The molecule has 0 aliphatic rings. The average molecular weight is 212 g/mol. The fraction of sp³-hybridized carbons (Fsp3) is 0.455. The van der Waals surface area contributed by atoms with Crippen molar-refractivity contribution in [1.82, 2.24) is 0 Å². The largest absolute Gasteiger partial charge is 0.224 e. The van der Waals surface area contributed by atoms with Crippen molar-refractivity contribution >= 4 is 9.84 Å². The first-order chi connectivity index (χ1) is 6.50. The van der Waals surface area contributed by atoms with Crippen LogP contribution in [0.2, 0.25) is 0 Å². The SMILES string of the molecule is CCc1cccc(S(C)(=O)=O)c1CC. The van der Waals surface area contributed by atoms with Crippen molar-refractivity contribution in [1.29, 1.82) is 0 Å². The standard InChI is InChI=1S/C11H16O2S/c1-4-9-7-6-8-11(10(9)5-2)14(3,12)13/h6-8H,4-5H2,1-3H3. The first-order valence-electron chi connectivity index (χ1n) is 4.81. The molecule has 0 radical (unpaired) electrons. The van der Waals surface area contributed by atoms with Gasteiger partial charge in [-0.05, 0) is 30.0 Å². The smallest absolute Gasteiger partial charge is 0.175 e. The Morgan fingerprint density at radius 1 is 1.14 bits per heavy atom. The summed E-state index contributed by atoms with van der Waals surface area (Å²) >= 11 is 0. The van der Waals surface area contributed by atoms with Gasteiger partial charge in [0, 0.05) is 6.26 Å². The van der Waals surface area contributed by atoms with Crippen LogP contribution < -0.4 is 0 Å². The van der Waals surface area contributed by atoms with E-state index in [0.717, 1.165) is 24.0 Å². The van der Waals surface area contributed by atoms with E-state index < -0.39 is 9.84 Å². The molecule has 0 heterocycles. The fourth-order valence-electron chi connectivity index (χ4n) is 1.69. The van der Waals surface area contributed by atoms with E-state index in [-0.39, 0.29) is 0 Å². The highest BCUT2D eigenvalue weighted by Gasteiger charge is 2.13. The maximum atomic E-state index is 11.5. The molecule has 0 N–H and O–H groups in total. The van der Waals surface area contributed by atoms with Gasteiger partial charge < -0.3 is 0 Å². The number of hydrogen-bond donors (Lipinski definition) is 0. The zero-order valence-electron chi connectivity index (χ0n) is 8.87. The van der Waals surface area contributed by atoms with Crippen molar-refractivity contribution in [3.8, 4) is 0 Å². The summed E-state index contributed by atoms with van der Waals surface area (Å²) in [5, 5.41) is 0. The van der Waals surface area contributed by atoms with E-state index in [1.165, 1.54) is 6.26 Å². The van der Waals surface area contributed by atoms with Gasteiger partial charge in [0.25, 0.3) is 0 Å². The maximum absolute atomic E-state index is 11.5. The van der Waals surface area contributed by atoms with E-state index in [4.69, 9.17) is 0 Å². The minimum absolute atomic E-state index is 0.486. The highest BCUT2D eigenvalue weighted by atomic mass is 32.2. The van der Waals surface area contributed by atoms with Crippen LogP contribution in [0.3, 0.4) is 0 Å². The third kappa shape index (κ3) is 2.15. The summed E-state index contributed by atoms with van der Waals surface area (Å²) in [7, 11) is -3.08. The molecule has 1 aromatic rings. The monoisotopic (exact) mass is 212 g/mol. The molecule has 0 atom stereocenters. The fourth-order valence-corrected chi connectivity index (χ4v) is 2.74. The predicted octanol–water partition coefficient (Wildman–Crippen LogP) is 2.21. The molecule has 0 amide bonds. The second kappa shape index (κ2) is 4.13. The van der Waals surface area contributed by atoms with Crippen LogP contribution in [0.4, 0.5) is 0 Å². The lowest BCUT2D eigenvalue weighted by atomic mass is 10.0. The van der Waals surface area contributed by atoms with Gasteiger partial charge in [0.1, 0.15) is 0 Å². The van der Waals surface area contributed by atoms with Crippen LogP contribution in [-0.4, -0.2) is 14.7 Å². The summed E-state index contributed by atoms with van der Waals surface area (Å²) in [6.45, 7) is 4.03. The Morgan fingerprint density at radius 2 is 1.79 bits per heavy atom. The molecule has 1 aromatic carbocycles. The summed E-state index contributed by atoms with van der Waals surface area (Å²) in [6.07, 6.45) is 2.92. The molecule has 0 fully saturated rings. The van der Waals surface area contributed by atoms with Gasteiger partial charge in [-0.2, -0.15) is 0 Å². The van der Waals surface area contributed by atoms with Gasteiger partial charge in [0.15, 0.2) is 9.84 Å². The Bertz CT molecular complexity index is 419. The Hall–Kier alpha value is -0.830. The van der Waals surface area contributed by atoms with Crippen molar-refractivity contribution in [3.63, 3.8) is 0 Å². The Morgan fingerprint density at radius 3 is 2.21 bits per heavy atom. The molecule has 0 aliphatic heterocycles. The van der Waals surface area contributed by atoms with E-state index in [9.17, 15) is 8.42 Å². The van der Waals surface area contributed by atoms with Crippen LogP contribution in [0.15, 0.2) is 23.1 Å². The van der Waals surface area contributed by atoms with Crippen LogP contribution in [0.25, 0.3) is 0 Å². The number of rotatable bonds is 3. The molecule has 0 aliphatic carbocycles. The quantitative estimate of drug-likeness (QED) is 0.770. The van der Waals surface area contributed by atoms with Crippen LogP contribution in [0.5, 0.6) is 0 Å². The Balaban J connectivity index is 3.45. The van der Waals surface area contributed by atoms with Gasteiger partial charge >= 0.3 is 0 Å². The third-order valence-corrected chi connectivity index (χ3v) is 3.55. The number of aryl methyl sites for hydroxylation is 1. The second-order valence-electron chi connectivity index (χ2n) is 3.37. The van der Waals surface area contributed by atoms with Crippen molar-refractivity contribution in [3.05, 3.63) is 29.3 Å². The summed E-state index contributed by atoms with van der Waals surface area (Å²) < 4.78 is 23.0. The normalized spacial score (nSPS) is 11.6. The predicted molar refractivity (Wildman–Crippen MR) is 58.3 cm³/mol. The number of benzene rings is 1. The van der Waals surface area contributed by atoms with Crippen molar-refractivity contribution in [2.24, 2.45) is 0 Å². The molecule has 0 saturated carbocycles. The molecule has 1 rings (SSSR count). The topological polar surface area (TPSA) is 34.1 Å². The van der Waals surface area contributed by atoms with Gasteiger partial charge in [-0.25, -0.2) is 8.42 Å². The van der Waals surface area contributed by atoms with Gasteiger partial charge in [-0.3, -0.25) is 0 Å². The summed E-state index contributed by atoms with van der Waals surface area (Å²) in [5.74, 6) is 0. The van der Waals surface area contributed by atoms with E-state index in [1.807, 2.05) is 26.0 Å². The minimum atomic E-state index is -3.08. The minimum Gasteiger partial charge on any atom is -0.224 e. The zero-order valence-corrected chi connectivity index (χ0v) is 9.69. The van der Waals surface area contributed by atoms with E-state index in [0.29, 0.717) is 4.90 Å². The van der Waals surface area contributed by atoms with Crippen molar-refractivity contribution in [2.75, 3.05) is 6.26 Å². The molecule has 78 valence electrons. The highest BCUT2D eigenvalue weighted by molar-refractivity contribution is 7.90. The Kier molecular flexibility index (Phi) is 3.32. The first kappa shape index (κ1) is 11.2. The molecule has 0 spiro atoms. The average Bonchev–Trinajstić information content (AvgIpc) is 2.15. The van der Waals surface area contributed by atoms with E-state index in [2.05, 4.69) is 0 Å². The van der Waals surface area contributed by atoms with Gasteiger partial charge in [-0.1, -0.05) is 26.0 Å². The van der Waals surface area contributed by atoms with E-state index in [1.54, 1.807) is 6.07 Å². The molecule has 0 saturated heterocycles. The van der Waals surface area contributed by atoms with Crippen LogP contribution in [0, 0.1) is 0 Å². The lowest BCUT2D eigenvalue weighted by Crippen LogP contribution is -2.04. The molecule has 0 bridgehead atoms. The van der Waals surface area contributed by atoms with Gasteiger partial charge in [0.2, 0.25) is 0 Å². The molecule has 14 heavy (non-hydrogen) atoms. The third-order valence-electron chi connectivity index (χ3n) is 2.36. The molecule has 3 heteroatoms. The van der Waals surface area contributed by atoms with E-state index >= 15 is 0 Å². The van der Waals surface area contributed by atoms with Crippen LogP contribution >= 0.6 is 0 Å². The van der Waals surface area contributed by atoms with Crippen LogP contribution in [-0.2, 0) is 22.7 Å². The summed E-state index contributed by atoms with van der Waals surface area (Å²) in [6, 6.07) is 5.50. The second-order valence-corrected chi connectivity index (χ2v) is 5.36. The molecule has 2 nitrogen and oxygen atoms in total. The lowest BCUT2D eigenvalue weighted by Gasteiger charge is -2.10. The van der Waals surface area contributed by atoms with Gasteiger partial charge in [-0.15, -0.1) is 0 Å². The molecular weight excluding hydrogens is 196 g/mol. The maximum Gasteiger partial charge on any atom is 0.175 e. The molecule has 0 unspecified atom stereocenters. The lowest BCUT2D eigenvalue weighted by molar-refractivity contribution is 0.600. The van der Waals surface area contributed by atoms with Crippen LogP contribution in [0.1, 0.15) is 25.0 Å². The molecular formula is C11H16O2S. The van der Waals surface area contributed by atoms with Gasteiger partial charge in [0.05, 0.1) is 4.90 Å². The number of sulfone groups is 1. The van der Waals surface area contributed by atoms with Crippen molar-refractivity contribution in [2.45, 2.75) is 31.6 Å². The summed E-state index contributed by atoms with van der Waals surface area (Å²) in [4.78, 5) is 0.486. The summed E-state index contributed by atoms with van der Waals surface area (Å²) in [5.41, 5.74) is 2.10. The molecule has 0 aromatic heterocycles.